The molecular weight excluding hydrogens is 326 g/mol. The summed E-state index contributed by atoms with van der Waals surface area (Å²) < 4.78 is 1.98. The number of amides is 2. The number of anilines is 1. The van der Waals surface area contributed by atoms with Crippen molar-refractivity contribution in [2.75, 3.05) is 18.4 Å². The molecule has 1 unspecified atom stereocenters. The van der Waals surface area contributed by atoms with E-state index < -0.39 is 0 Å². The van der Waals surface area contributed by atoms with Crippen LogP contribution in [0.4, 0.5) is 10.5 Å². The van der Waals surface area contributed by atoms with E-state index in [2.05, 4.69) is 41.0 Å². The van der Waals surface area contributed by atoms with Crippen LogP contribution >= 0.6 is 0 Å². The molecule has 0 aliphatic carbocycles. The van der Waals surface area contributed by atoms with Crippen molar-refractivity contribution in [2.45, 2.75) is 46.7 Å². The molecule has 26 heavy (non-hydrogen) atoms. The minimum Gasteiger partial charge on any atom is -0.380 e. The molecule has 142 valence electrons. The highest BCUT2D eigenvalue weighted by atomic mass is 16.2. The molecule has 0 fully saturated rings. The Morgan fingerprint density at radius 1 is 1.15 bits per heavy atom. The molecule has 0 radical (unpaired) electrons. The monoisotopic (exact) mass is 357 g/mol. The van der Waals surface area contributed by atoms with Crippen LogP contribution in [0.1, 0.15) is 31.7 Å². The lowest BCUT2D eigenvalue weighted by atomic mass is 10.0. The first-order valence-electron chi connectivity index (χ1n) is 9.30. The zero-order chi connectivity index (χ0) is 18.9. The van der Waals surface area contributed by atoms with E-state index >= 15 is 0 Å². The molecule has 6 nitrogen and oxygen atoms in total. The number of rotatable bonds is 9. The van der Waals surface area contributed by atoms with Crippen LogP contribution in [0, 0.1) is 19.8 Å². The Morgan fingerprint density at radius 3 is 2.50 bits per heavy atom. The summed E-state index contributed by atoms with van der Waals surface area (Å²) in [4.78, 5) is 12.0. The van der Waals surface area contributed by atoms with Gasteiger partial charge in [0.1, 0.15) is 0 Å². The number of hydrogen-bond donors (Lipinski definition) is 3. The first-order chi connectivity index (χ1) is 12.5. The number of benzene rings is 1. The molecule has 0 saturated heterocycles. The standard InChI is InChI=1S/C20H31N5O/c1-15(2)19(23-18-9-6-5-7-10-18)14-22-20(26)21-11-8-12-25-17(4)13-16(3)24-25/h5-7,9-10,13,15,19,23H,8,11-12,14H2,1-4H3,(H2,21,22,26). The summed E-state index contributed by atoms with van der Waals surface area (Å²) >= 11 is 0. The Kier molecular flexibility index (Phi) is 7.51. The Balaban J connectivity index is 1.68. The molecule has 2 amide bonds. The van der Waals surface area contributed by atoms with E-state index in [1.807, 2.05) is 48.9 Å². The number of aryl methyl sites for hydroxylation is 3. The number of nitrogens with zero attached hydrogens (tertiary/aromatic N) is 2. The Labute approximate surface area is 156 Å². The van der Waals surface area contributed by atoms with Crippen molar-refractivity contribution in [1.82, 2.24) is 20.4 Å². The normalized spacial score (nSPS) is 12.0. The van der Waals surface area contributed by atoms with Gasteiger partial charge in [-0.25, -0.2) is 4.79 Å². The minimum atomic E-state index is -0.126. The highest BCUT2D eigenvalue weighted by Gasteiger charge is 2.14. The van der Waals surface area contributed by atoms with E-state index in [4.69, 9.17) is 0 Å². The van der Waals surface area contributed by atoms with Crippen molar-refractivity contribution < 1.29 is 4.79 Å². The van der Waals surface area contributed by atoms with E-state index in [0.717, 1.165) is 30.0 Å². The summed E-state index contributed by atoms with van der Waals surface area (Å²) in [7, 11) is 0. The van der Waals surface area contributed by atoms with E-state index in [-0.39, 0.29) is 12.1 Å². The van der Waals surface area contributed by atoms with Crippen molar-refractivity contribution in [3.05, 3.63) is 47.8 Å². The molecule has 1 heterocycles. The molecule has 0 aliphatic rings. The van der Waals surface area contributed by atoms with E-state index in [1.54, 1.807) is 0 Å². The van der Waals surface area contributed by atoms with Gasteiger partial charge in [-0.05, 0) is 44.4 Å². The molecule has 2 aromatic rings. The number of carbonyl (C=O) groups excluding carboxylic acids is 1. The average Bonchev–Trinajstić information content (AvgIpc) is 2.93. The number of aromatic nitrogens is 2. The van der Waals surface area contributed by atoms with Gasteiger partial charge in [-0.3, -0.25) is 4.68 Å². The van der Waals surface area contributed by atoms with E-state index in [0.29, 0.717) is 19.0 Å². The molecule has 0 saturated carbocycles. The highest BCUT2D eigenvalue weighted by Crippen LogP contribution is 2.11. The van der Waals surface area contributed by atoms with Gasteiger partial charge in [0.2, 0.25) is 0 Å². The van der Waals surface area contributed by atoms with Crippen LogP contribution in [0.15, 0.2) is 36.4 Å². The zero-order valence-corrected chi connectivity index (χ0v) is 16.2. The Bertz CT molecular complexity index is 681. The minimum absolute atomic E-state index is 0.126. The number of carbonyl (C=O) groups is 1. The van der Waals surface area contributed by atoms with Crippen molar-refractivity contribution >= 4 is 11.7 Å². The average molecular weight is 358 g/mol. The van der Waals surface area contributed by atoms with Gasteiger partial charge in [0.15, 0.2) is 0 Å². The van der Waals surface area contributed by atoms with E-state index in [1.165, 1.54) is 0 Å². The third-order valence-electron chi connectivity index (χ3n) is 4.35. The van der Waals surface area contributed by atoms with Crippen molar-refractivity contribution in [2.24, 2.45) is 5.92 Å². The van der Waals surface area contributed by atoms with Gasteiger partial charge < -0.3 is 16.0 Å². The maximum atomic E-state index is 12.0. The van der Waals surface area contributed by atoms with Crippen LogP contribution in [0.25, 0.3) is 0 Å². The Hall–Kier alpha value is -2.50. The summed E-state index contributed by atoms with van der Waals surface area (Å²) in [5, 5.41) is 13.8. The van der Waals surface area contributed by atoms with Crippen LogP contribution in [0.3, 0.4) is 0 Å². The van der Waals surface area contributed by atoms with Gasteiger partial charge >= 0.3 is 6.03 Å². The molecule has 2 rings (SSSR count). The fraction of sp³-hybridized carbons (Fsp3) is 0.500. The predicted octanol–water partition coefficient (Wildman–Crippen LogP) is 3.33. The quantitative estimate of drug-likeness (QED) is 0.603. The van der Waals surface area contributed by atoms with Crippen molar-refractivity contribution in [3.63, 3.8) is 0 Å². The topological polar surface area (TPSA) is 71.0 Å². The lowest BCUT2D eigenvalue weighted by molar-refractivity contribution is 0.239. The van der Waals surface area contributed by atoms with Gasteiger partial charge in [0, 0.05) is 37.1 Å². The van der Waals surface area contributed by atoms with Gasteiger partial charge in [-0.2, -0.15) is 5.10 Å². The van der Waals surface area contributed by atoms with Gasteiger partial charge in [-0.15, -0.1) is 0 Å². The summed E-state index contributed by atoms with van der Waals surface area (Å²) in [5.74, 6) is 0.404. The fourth-order valence-electron chi connectivity index (χ4n) is 2.80. The molecule has 0 spiro atoms. The van der Waals surface area contributed by atoms with Crippen molar-refractivity contribution in [3.8, 4) is 0 Å². The van der Waals surface area contributed by atoms with Crippen LogP contribution in [-0.2, 0) is 6.54 Å². The summed E-state index contributed by atoms with van der Waals surface area (Å²) in [6.07, 6.45) is 0.852. The maximum Gasteiger partial charge on any atom is 0.314 e. The van der Waals surface area contributed by atoms with Gasteiger partial charge in [0.05, 0.1) is 5.69 Å². The van der Waals surface area contributed by atoms with Crippen LogP contribution in [-0.4, -0.2) is 34.9 Å². The third-order valence-corrected chi connectivity index (χ3v) is 4.35. The van der Waals surface area contributed by atoms with Crippen molar-refractivity contribution in [1.29, 1.82) is 0 Å². The maximum absolute atomic E-state index is 12.0. The molecule has 3 N–H and O–H groups in total. The molecule has 0 aliphatic heterocycles. The van der Waals surface area contributed by atoms with Crippen LogP contribution < -0.4 is 16.0 Å². The Morgan fingerprint density at radius 2 is 1.88 bits per heavy atom. The number of para-hydroxylation sites is 1. The summed E-state index contributed by atoms with van der Waals surface area (Å²) in [6.45, 7) is 10.3. The summed E-state index contributed by atoms with van der Waals surface area (Å²) in [5.41, 5.74) is 3.25. The SMILES string of the molecule is Cc1cc(C)n(CCCNC(=O)NCC(Nc2ccccc2)C(C)C)n1. The number of urea groups is 1. The lowest BCUT2D eigenvalue weighted by Crippen LogP contribution is -2.44. The molecule has 1 atom stereocenters. The molecule has 1 aromatic carbocycles. The summed E-state index contributed by atoms with van der Waals surface area (Å²) in [6, 6.07) is 12.2. The number of hydrogen-bond acceptors (Lipinski definition) is 3. The molecule has 1 aromatic heterocycles. The number of nitrogens with one attached hydrogen (secondary N) is 3. The highest BCUT2D eigenvalue weighted by molar-refractivity contribution is 5.73. The second-order valence-corrected chi connectivity index (χ2v) is 7.00. The molecule has 6 heteroatoms. The molecule has 0 bridgehead atoms. The first kappa shape index (κ1) is 19.8. The van der Waals surface area contributed by atoms with Gasteiger partial charge in [-0.1, -0.05) is 32.0 Å². The second-order valence-electron chi connectivity index (χ2n) is 7.00. The lowest BCUT2D eigenvalue weighted by Gasteiger charge is -2.24. The third kappa shape index (κ3) is 6.43. The van der Waals surface area contributed by atoms with Gasteiger partial charge in [0.25, 0.3) is 0 Å². The first-order valence-corrected chi connectivity index (χ1v) is 9.30. The fourth-order valence-corrected chi connectivity index (χ4v) is 2.80. The van der Waals surface area contributed by atoms with Crippen LogP contribution in [0.2, 0.25) is 0 Å². The largest absolute Gasteiger partial charge is 0.380 e. The van der Waals surface area contributed by atoms with Crippen LogP contribution in [0.5, 0.6) is 0 Å². The molecular formula is C20H31N5O. The van der Waals surface area contributed by atoms with E-state index in [9.17, 15) is 4.79 Å². The smallest absolute Gasteiger partial charge is 0.314 e. The second kappa shape index (κ2) is 9.85. The zero-order valence-electron chi connectivity index (χ0n) is 16.2. The predicted molar refractivity (Wildman–Crippen MR) is 106 cm³/mol.